The summed E-state index contributed by atoms with van der Waals surface area (Å²) in [7, 11) is 0. The first-order chi connectivity index (χ1) is 17.2. The quantitative estimate of drug-likeness (QED) is 0.411. The monoisotopic (exact) mass is 505 g/mol. The van der Waals surface area contributed by atoms with Crippen LogP contribution in [0.15, 0.2) is 78.9 Å². The second-order valence-electron chi connectivity index (χ2n) is 9.85. The third-order valence-electron chi connectivity index (χ3n) is 5.98. The van der Waals surface area contributed by atoms with Crippen molar-refractivity contribution < 1.29 is 14.3 Å². The molecule has 1 saturated heterocycles. The van der Waals surface area contributed by atoms with E-state index >= 15 is 0 Å². The zero-order chi connectivity index (χ0) is 25.7. The van der Waals surface area contributed by atoms with Crippen molar-refractivity contribution in [1.82, 2.24) is 4.90 Å². The van der Waals surface area contributed by atoms with Crippen LogP contribution in [0.4, 0.5) is 16.2 Å². The van der Waals surface area contributed by atoms with Gasteiger partial charge in [-0.05, 0) is 74.9 Å². The molecule has 1 fully saturated rings. The number of nitrogens with zero attached hydrogens (tertiary/aromatic N) is 3. The van der Waals surface area contributed by atoms with Crippen molar-refractivity contribution in [2.75, 3.05) is 36.0 Å². The van der Waals surface area contributed by atoms with Crippen molar-refractivity contribution in [3.63, 3.8) is 0 Å². The predicted molar refractivity (Wildman–Crippen MR) is 145 cm³/mol. The molecule has 3 aromatic carbocycles. The maximum atomic E-state index is 13.2. The molecule has 4 rings (SSSR count). The lowest BCUT2D eigenvalue weighted by Crippen LogP contribution is -2.48. The van der Waals surface area contributed by atoms with Crippen molar-refractivity contribution in [2.24, 2.45) is 0 Å². The molecule has 1 aliphatic heterocycles. The lowest BCUT2D eigenvalue weighted by Gasteiger charge is -2.36. The molecule has 0 atom stereocenters. The number of rotatable bonds is 5. The molecule has 188 valence electrons. The highest BCUT2D eigenvalue weighted by atomic mass is 35.5. The van der Waals surface area contributed by atoms with Crippen LogP contribution >= 0.6 is 11.6 Å². The van der Waals surface area contributed by atoms with Gasteiger partial charge in [-0.25, -0.2) is 4.79 Å². The summed E-state index contributed by atoms with van der Waals surface area (Å²) in [6.07, 6.45) is -0.450. The van der Waals surface area contributed by atoms with E-state index in [0.717, 1.165) is 18.7 Å². The summed E-state index contributed by atoms with van der Waals surface area (Å²) in [5, 5.41) is 0.634. The van der Waals surface area contributed by atoms with Crippen molar-refractivity contribution in [3.05, 3.63) is 95.0 Å². The van der Waals surface area contributed by atoms with Crippen LogP contribution in [-0.4, -0.2) is 48.7 Å². The molecule has 2 amide bonds. The van der Waals surface area contributed by atoms with Gasteiger partial charge in [0.05, 0.1) is 6.54 Å². The topological polar surface area (TPSA) is 53.1 Å². The SMILES string of the molecule is CC(C)(C)OC(=O)N(Cc1ccc(Cl)cc1)c1ccc(C(=O)N2CCN(c3ccccc3)CC2)cc1. The molecule has 6 nitrogen and oxygen atoms in total. The number of hydrogen-bond acceptors (Lipinski definition) is 4. The van der Waals surface area contributed by atoms with Gasteiger partial charge in [0.2, 0.25) is 0 Å². The number of hydrogen-bond donors (Lipinski definition) is 0. The molecule has 0 N–H and O–H groups in total. The Morgan fingerprint density at radius 1 is 0.861 bits per heavy atom. The van der Waals surface area contributed by atoms with E-state index in [4.69, 9.17) is 16.3 Å². The number of para-hydroxylation sites is 1. The molecule has 36 heavy (non-hydrogen) atoms. The molecule has 1 heterocycles. The van der Waals surface area contributed by atoms with Gasteiger partial charge in [0.25, 0.3) is 5.91 Å². The third kappa shape index (κ3) is 6.58. The van der Waals surface area contributed by atoms with E-state index < -0.39 is 11.7 Å². The van der Waals surface area contributed by atoms with Crippen LogP contribution in [0.1, 0.15) is 36.7 Å². The second kappa shape index (κ2) is 11.0. The molecule has 7 heteroatoms. The largest absolute Gasteiger partial charge is 0.443 e. The summed E-state index contributed by atoms with van der Waals surface area (Å²) >= 11 is 6.02. The van der Waals surface area contributed by atoms with Crippen molar-refractivity contribution in [2.45, 2.75) is 32.9 Å². The number of piperazine rings is 1. The Balaban J connectivity index is 1.46. The fraction of sp³-hybridized carbons (Fsp3) is 0.310. The molecule has 0 bridgehead atoms. The summed E-state index contributed by atoms with van der Waals surface area (Å²) in [6, 6.07) is 24.8. The van der Waals surface area contributed by atoms with Crippen LogP contribution in [-0.2, 0) is 11.3 Å². The smallest absolute Gasteiger partial charge is 0.415 e. The second-order valence-corrected chi connectivity index (χ2v) is 10.3. The van der Waals surface area contributed by atoms with Crippen molar-refractivity contribution in [3.8, 4) is 0 Å². The van der Waals surface area contributed by atoms with Crippen LogP contribution in [0, 0.1) is 0 Å². The number of halogens is 1. The molecule has 3 aromatic rings. The number of amides is 2. The van der Waals surface area contributed by atoms with E-state index in [-0.39, 0.29) is 5.91 Å². The number of benzene rings is 3. The van der Waals surface area contributed by atoms with Gasteiger partial charge < -0.3 is 14.5 Å². The standard InChI is InChI=1S/C29H32ClN3O3/c1-29(2,3)36-28(35)33(21-22-9-13-24(30)14-10-22)26-15-11-23(12-16-26)27(34)32-19-17-31(18-20-32)25-7-5-4-6-8-25/h4-16H,17-21H2,1-3H3. The van der Waals surface area contributed by atoms with Crippen LogP contribution in [0.25, 0.3) is 0 Å². The van der Waals surface area contributed by atoms with Gasteiger partial charge in [0, 0.05) is 48.1 Å². The molecular weight excluding hydrogens is 474 g/mol. The summed E-state index contributed by atoms with van der Waals surface area (Å²) in [6.45, 7) is 8.75. The zero-order valence-corrected chi connectivity index (χ0v) is 21.7. The minimum Gasteiger partial charge on any atom is -0.443 e. The average Bonchev–Trinajstić information content (AvgIpc) is 2.87. The van der Waals surface area contributed by atoms with Crippen LogP contribution in [0.5, 0.6) is 0 Å². The highest BCUT2D eigenvalue weighted by Gasteiger charge is 2.25. The highest BCUT2D eigenvalue weighted by Crippen LogP contribution is 2.24. The van der Waals surface area contributed by atoms with E-state index in [1.54, 1.807) is 41.3 Å². The zero-order valence-electron chi connectivity index (χ0n) is 21.0. The predicted octanol–water partition coefficient (Wildman–Crippen LogP) is 6.24. The van der Waals surface area contributed by atoms with Gasteiger partial charge in [-0.1, -0.05) is 41.9 Å². The molecular formula is C29H32ClN3O3. The molecule has 1 aliphatic rings. The molecule has 0 unspecified atom stereocenters. The first kappa shape index (κ1) is 25.6. The number of carbonyl (C=O) groups excluding carboxylic acids is 2. The van der Waals surface area contributed by atoms with E-state index in [0.29, 0.717) is 35.9 Å². The molecule has 0 aliphatic carbocycles. The van der Waals surface area contributed by atoms with Gasteiger partial charge in [0.15, 0.2) is 0 Å². The van der Waals surface area contributed by atoms with Crippen LogP contribution < -0.4 is 9.80 Å². The maximum Gasteiger partial charge on any atom is 0.415 e. The van der Waals surface area contributed by atoms with E-state index in [1.807, 2.05) is 56.0 Å². The van der Waals surface area contributed by atoms with E-state index in [1.165, 1.54) is 5.69 Å². The van der Waals surface area contributed by atoms with Crippen molar-refractivity contribution >= 4 is 35.0 Å². The van der Waals surface area contributed by atoms with Gasteiger partial charge in [-0.15, -0.1) is 0 Å². The summed E-state index contributed by atoms with van der Waals surface area (Å²) in [5.41, 5.74) is 2.72. The Morgan fingerprint density at radius 3 is 2.06 bits per heavy atom. The van der Waals surface area contributed by atoms with Gasteiger partial charge in [-0.3, -0.25) is 9.69 Å². The first-order valence-electron chi connectivity index (χ1n) is 12.1. The Morgan fingerprint density at radius 2 is 1.47 bits per heavy atom. The summed E-state index contributed by atoms with van der Waals surface area (Å²) < 4.78 is 5.65. The van der Waals surface area contributed by atoms with Gasteiger partial charge in [0.1, 0.15) is 5.60 Å². The highest BCUT2D eigenvalue weighted by molar-refractivity contribution is 6.30. The first-order valence-corrected chi connectivity index (χ1v) is 12.5. The molecule has 0 radical (unpaired) electrons. The minimum absolute atomic E-state index is 0.00391. The van der Waals surface area contributed by atoms with E-state index in [2.05, 4.69) is 17.0 Å². The lowest BCUT2D eigenvalue weighted by atomic mass is 10.1. The summed E-state index contributed by atoms with van der Waals surface area (Å²) in [5.74, 6) is -0.00391. The molecule has 0 spiro atoms. The Bertz CT molecular complexity index is 1170. The van der Waals surface area contributed by atoms with Crippen LogP contribution in [0.2, 0.25) is 5.02 Å². The minimum atomic E-state index is -0.632. The van der Waals surface area contributed by atoms with Gasteiger partial charge in [-0.2, -0.15) is 0 Å². The maximum absolute atomic E-state index is 13.2. The fourth-order valence-corrected chi connectivity index (χ4v) is 4.25. The number of anilines is 2. The molecule has 0 saturated carbocycles. The van der Waals surface area contributed by atoms with Crippen molar-refractivity contribution in [1.29, 1.82) is 0 Å². The number of ether oxygens (including phenoxy) is 1. The summed E-state index contributed by atoms with van der Waals surface area (Å²) in [4.78, 5) is 31.9. The van der Waals surface area contributed by atoms with Gasteiger partial charge >= 0.3 is 6.09 Å². The fourth-order valence-electron chi connectivity index (χ4n) is 4.12. The normalized spacial score (nSPS) is 13.9. The third-order valence-corrected chi connectivity index (χ3v) is 6.23. The lowest BCUT2D eigenvalue weighted by molar-refractivity contribution is 0.0577. The Kier molecular flexibility index (Phi) is 7.85. The molecule has 0 aromatic heterocycles. The number of carbonyl (C=O) groups is 2. The van der Waals surface area contributed by atoms with Crippen LogP contribution in [0.3, 0.4) is 0 Å². The van der Waals surface area contributed by atoms with E-state index in [9.17, 15) is 9.59 Å². The Labute approximate surface area is 218 Å². The Hall–Kier alpha value is -3.51. The average molecular weight is 506 g/mol.